The highest BCUT2D eigenvalue weighted by Crippen LogP contribution is 2.36. The molecular formula is C14H17F3N4. The summed E-state index contributed by atoms with van der Waals surface area (Å²) in [5.41, 5.74) is 4.87. The Morgan fingerprint density at radius 3 is 2.71 bits per heavy atom. The fourth-order valence-electron chi connectivity index (χ4n) is 2.01. The molecule has 1 aromatic carbocycles. The number of alkyl halides is 3. The molecule has 0 aliphatic rings. The van der Waals surface area contributed by atoms with Crippen molar-refractivity contribution < 1.29 is 13.2 Å². The van der Waals surface area contributed by atoms with E-state index in [2.05, 4.69) is 10.3 Å². The lowest BCUT2D eigenvalue weighted by molar-refractivity contribution is -0.136. The second kappa shape index (κ2) is 6.51. The van der Waals surface area contributed by atoms with E-state index in [1.54, 1.807) is 12.5 Å². The first kappa shape index (κ1) is 15.2. The summed E-state index contributed by atoms with van der Waals surface area (Å²) in [6, 6.07) is 3.78. The summed E-state index contributed by atoms with van der Waals surface area (Å²) in [7, 11) is 0. The van der Waals surface area contributed by atoms with Crippen LogP contribution in [0, 0.1) is 0 Å². The van der Waals surface area contributed by atoms with Crippen LogP contribution in [0.15, 0.2) is 36.9 Å². The summed E-state index contributed by atoms with van der Waals surface area (Å²) < 4.78 is 40.6. The highest BCUT2D eigenvalue weighted by atomic mass is 19.4. The first-order valence-electron chi connectivity index (χ1n) is 6.63. The minimum Gasteiger partial charge on any atom is -0.399 e. The Labute approximate surface area is 120 Å². The molecule has 2 rings (SSSR count). The lowest BCUT2D eigenvalue weighted by Gasteiger charge is -2.15. The van der Waals surface area contributed by atoms with E-state index in [0.717, 1.165) is 25.5 Å². The Morgan fingerprint density at radius 1 is 1.24 bits per heavy atom. The first-order valence-corrected chi connectivity index (χ1v) is 6.63. The third-order valence-electron chi connectivity index (χ3n) is 3.07. The zero-order chi connectivity index (χ0) is 15.3. The van der Waals surface area contributed by atoms with Crippen molar-refractivity contribution in [2.75, 3.05) is 17.6 Å². The molecule has 0 spiro atoms. The number of nitrogen functional groups attached to an aromatic ring is 1. The Morgan fingerprint density at radius 2 is 2.05 bits per heavy atom. The van der Waals surface area contributed by atoms with Crippen LogP contribution in [0.1, 0.15) is 18.4 Å². The number of nitrogens with two attached hydrogens (primary N) is 1. The fourth-order valence-corrected chi connectivity index (χ4v) is 2.01. The van der Waals surface area contributed by atoms with Gasteiger partial charge in [0, 0.05) is 36.9 Å². The summed E-state index contributed by atoms with van der Waals surface area (Å²) in [5, 5.41) is 2.83. The van der Waals surface area contributed by atoms with Crippen LogP contribution in [0.3, 0.4) is 0 Å². The van der Waals surface area contributed by atoms with Crippen LogP contribution in [-0.2, 0) is 12.7 Å². The van der Waals surface area contributed by atoms with Crippen LogP contribution < -0.4 is 11.1 Å². The van der Waals surface area contributed by atoms with Crippen molar-refractivity contribution in [3.8, 4) is 0 Å². The second-order valence-corrected chi connectivity index (χ2v) is 4.74. The van der Waals surface area contributed by atoms with Crippen molar-refractivity contribution in [1.82, 2.24) is 9.55 Å². The van der Waals surface area contributed by atoms with E-state index in [1.165, 1.54) is 12.1 Å². The number of unbranched alkanes of at least 4 members (excludes halogenated alkanes) is 1. The number of hydrogen-bond donors (Lipinski definition) is 2. The maximum atomic E-state index is 12.9. The number of aryl methyl sites for hydroxylation is 1. The number of hydrogen-bond acceptors (Lipinski definition) is 3. The van der Waals surface area contributed by atoms with Crippen LogP contribution in [0.4, 0.5) is 24.5 Å². The Bertz CT molecular complexity index is 564. The highest BCUT2D eigenvalue weighted by molar-refractivity contribution is 5.59. The number of nitrogens with one attached hydrogen (secondary N) is 1. The molecule has 0 bridgehead atoms. The predicted octanol–water partition coefficient (Wildman–Crippen LogP) is 3.38. The Balaban J connectivity index is 1.85. The van der Waals surface area contributed by atoms with E-state index in [0.29, 0.717) is 6.54 Å². The van der Waals surface area contributed by atoms with Crippen molar-refractivity contribution in [3.05, 3.63) is 42.5 Å². The summed E-state index contributed by atoms with van der Waals surface area (Å²) in [5.74, 6) is 0. The van der Waals surface area contributed by atoms with Gasteiger partial charge in [-0.15, -0.1) is 0 Å². The van der Waals surface area contributed by atoms with Crippen molar-refractivity contribution in [2.45, 2.75) is 25.6 Å². The van der Waals surface area contributed by atoms with Crippen molar-refractivity contribution in [1.29, 1.82) is 0 Å². The number of halogens is 3. The van der Waals surface area contributed by atoms with Gasteiger partial charge in [-0.3, -0.25) is 0 Å². The van der Waals surface area contributed by atoms with Gasteiger partial charge in [0.1, 0.15) is 0 Å². The summed E-state index contributed by atoms with van der Waals surface area (Å²) in [6.07, 6.45) is 2.49. The molecule has 114 valence electrons. The zero-order valence-electron chi connectivity index (χ0n) is 11.4. The number of imidazole rings is 1. The molecule has 0 aliphatic carbocycles. The lowest BCUT2D eigenvalue weighted by Crippen LogP contribution is -2.12. The van der Waals surface area contributed by atoms with E-state index in [9.17, 15) is 13.2 Å². The van der Waals surface area contributed by atoms with Gasteiger partial charge in [-0.05, 0) is 31.0 Å². The molecule has 3 N–H and O–H groups in total. The standard InChI is InChI=1S/C14H17F3N4/c15-14(16,17)12-9-11(18)3-4-13(12)20-5-1-2-7-21-8-6-19-10-21/h3-4,6,8-10,20H,1-2,5,7,18H2. The van der Waals surface area contributed by atoms with Gasteiger partial charge >= 0.3 is 6.18 Å². The van der Waals surface area contributed by atoms with Crippen LogP contribution in [0.25, 0.3) is 0 Å². The number of nitrogens with zero attached hydrogens (tertiary/aromatic N) is 2. The molecule has 7 heteroatoms. The highest BCUT2D eigenvalue weighted by Gasteiger charge is 2.33. The molecule has 0 atom stereocenters. The monoisotopic (exact) mass is 298 g/mol. The van der Waals surface area contributed by atoms with Gasteiger partial charge in [0.05, 0.1) is 11.9 Å². The van der Waals surface area contributed by atoms with Crippen molar-refractivity contribution in [2.24, 2.45) is 0 Å². The minimum atomic E-state index is -4.41. The van der Waals surface area contributed by atoms with E-state index in [-0.39, 0.29) is 11.4 Å². The van der Waals surface area contributed by atoms with E-state index in [1.807, 2.05) is 10.8 Å². The average molecular weight is 298 g/mol. The zero-order valence-corrected chi connectivity index (χ0v) is 11.4. The SMILES string of the molecule is Nc1ccc(NCCCCn2ccnc2)c(C(F)(F)F)c1. The molecule has 4 nitrogen and oxygen atoms in total. The summed E-state index contributed by atoms with van der Waals surface area (Å²) in [6.45, 7) is 1.28. The van der Waals surface area contributed by atoms with E-state index >= 15 is 0 Å². The molecule has 0 aliphatic heterocycles. The van der Waals surface area contributed by atoms with Crippen molar-refractivity contribution >= 4 is 11.4 Å². The first-order chi connectivity index (χ1) is 9.97. The van der Waals surface area contributed by atoms with Gasteiger partial charge in [-0.25, -0.2) is 4.98 Å². The predicted molar refractivity (Wildman–Crippen MR) is 75.8 cm³/mol. The maximum Gasteiger partial charge on any atom is 0.418 e. The molecule has 1 heterocycles. The van der Waals surface area contributed by atoms with Crippen LogP contribution >= 0.6 is 0 Å². The van der Waals surface area contributed by atoms with Gasteiger partial charge in [-0.2, -0.15) is 13.2 Å². The minimum absolute atomic E-state index is 0.0688. The maximum absolute atomic E-state index is 12.9. The average Bonchev–Trinajstić information content (AvgIpc) is 2.92. The topological polar surface area (TPSA) is 55.9 Å². The largest absolute Gasteiger partial charge is 0.418 e. The molecule has 21 heavy (non-hydrogen) atoms. The molecule has 2 aromatic rings. The van der Waals surface area contributed by atoms with Crippen molar-refractivity contribution in [3.63, 3.8) is 0 Å². The second-order valence-electron chi connectivity index (χ2n) is 4.74. The quantitative estimate of drug-likeness (QED) is 0.635. The van der Waals surface area contributed by atoms with E-state index < -0.39 is 11.7 Å². The smallest absolute Gasteiger partial charge is 0.399 e. The summed E-state index contributed by atoms with van der Waals surface area (Å²) in [4.78, 5) is 3.93. The molecule has 1 aromatic heterocycles. The molecule has 0 amide bonds. The van der Waals surface area contributed by atoms with Gasteiger partial charge < -0.3 is 15.6 Å². The number of aromatic nitrogens is 2. The fraction of sp³-hybridized carbons (Fsp3) is 0.357. The third kappa shape index (κ3) is 4.40. The summed E-state index contributed by atoms with van der Waals surface area (Å²) >= 11 is 0. The van der Waals surface area contributed by atoms with E-state index in [4.69, 9.17) is 5.73 Å². The Hall–Kier alpha value is -2.18. The molecule has 0 saturated carbocycles. The van der Waals surface area contributed by atoms with Gasteiger partial charge in [0.25, 0.3) is 0 Å². The molecule has 0 unspecified atom stereocenters. The third-order valence-corrected chi connectivity index (χ3v) is 3.07. The molecule has 0 fully saturated rings. The van der Waals surface area contributed by atoms with Crippen LogP contribution in [-0.4, -0.2) is 16.1 Å². The molecule has 0 saturated heterocycles. The number of benzene rings is 1. The van der Waals surface area contributed by atoms with Gasteiger partial charge in [0.15, 0.2) is 0 Å². The number of anilines is 2. The normalized spacial score (nSPS) is 11.6. The molecule has 0 radical (unpaired) electrons. The van der Waals surface area contributed by atoms with Gasteiger partial charge in [0.2, 0.25) is 0 Å². The number of rotatable bonds is 6. The molecular weight excluding hydrogens is 281 g/mol. The van der Waals surface area contributed by atoms with Crippen LogP contribution in [0.2, 0.25) is 0 Å². The van der Waals surface area contributed by atoms with Crippen LogP contribution in [0.5, 0.6) is 0 Å². The lowest BCUT2D eigenvalue weighted by atomic mass is 10.1. The Kier molecular flexibility index (Phi) is 4.72. The van der Waals surface area contributed by atoms with Gasteiger partial charge in [-0.1, -0.05) is 0 Å².